The van der Waals surface area contributed by atoms with Crippen LogP contribution in [0.1, 0.15) is 18.9 Å². The first-order valence-electron chi connectivity index (χ1n) is 7.64. The Morgan fingerprint density at radius 2 is 1.63 bits per heavy atom. The number of sulfonamides is 1. The summed E-state index contributed by atoms with van der Waals surface area (Å²) in [5.74, 6) is -0.439. The lowest BCUT2D eigenvalue weighted by Gasteiger charge is -2.09. The Morgan fingerprint density at radius 3 is 2.26 bits per heavy atom. The number of nitrogens with one attached hydrogen (secondary N) is 2. The van der Waals surface area contributed by atoms with Crippen molar-refractivity contribution in [2.45, 2.75) is 25.2 Å². The highest BCUT2D eigenvalue weighted by Crippen LogP contribution is 2.32. The molecule has 6 nitrogen and oxygen atoms in total. The normalized spacial score (nSPS) is 12.0. The second-order valence-corrected chi connectivity index (χ2v) is 8.61. The number of hydrogen-bond acceptors (Lipinski definition) is 4. The molecule has 0 saturated carbocycles. The number of halogens is 3. The minimum atomic E-state index is -3.81. The number of anilines is 1. The molecular formula is C17H16Cl3N3O3S. The minimum Gasteiger partial charge on any atom is -0.324 e. The Balaban J connectivity index is 2.01. The van der Waals surface area contributed by atoms with Gasteiger partial charge in [-0.15, -0.1) is 0 Å². The molecule has 0 aromatic heterocycles. The van der Waals surface area contributed by atoms with E-state index in [2.05, 4.69) is 15.2 Å². The van der Waals surface area contributed by atoms with E-state index in [1.807, 2.05) is 6.92 Å². The molecule has 2 N–H and O–H groups in total. The van der Waals surface area contributed by atoms with Gasteiger partial charge < -0.3 is 5.32 Å². The van der Waals surface area contributed by atoms with E-state index >= 15 is 0 Å². The van der Waals surface area contributed by atoms with E-state index in [0.717, 1.165) is 5.56 Å². The Morgan fingerprint density at radius 1 is 1.04 bits per heavy atom. The molecule has 0 unspecified atom stereocenters. The van der Waals surface area contributed by atoms with Crippen LogP contribution in [0.25, 0.3) is 0 Å². The highest BCUT2D eigenvalue weighted by molar-refractivity contribution is 7.89. The molecule has 0 saturated heterocycles. The number of carbonyl (C=O) groups excluding carboxylic acids is 1. The van der Waals surface area contributed by atoms with Crippen molar-refractivity contribution in [3.8, 4) is 0 Å². The van der Waals surface area contributed by atoms with E-state index in [-0.39, 0.29) is 32.1 Å². The smallest absolute Gasteiger partial charge is 0.276 e. The molecule has 0 radical (unpaired) electrons. The third-order valence-corrected chi connectivity index (χ3v) is 5.65. The molecule has 27 heavy (non-hydrogen) atoms. The summed E-state index contributed by atoms with van der Waals surface area (Å²) < 4.78 is 24.4. The Labute approximate surface area is 172 Å². The molecule has 0 fully saturated rings. The average molecular weight is 449 g/mol. The first kappa shape index (κ1) is 21.5. The van der Waals surface area contributed by atoms with Crippen molar-refractivity contribution in [3.05, 3.63) is 57.0 Å². The van der Waals surface area contributed by atoms with Crippen molar-refractivity contribution in [1.82, 2.24) is 4.83 Å². The number of rotatable bonds is 6. The molecular weight excluding hydrogens is 433 g/mol. The van der Waals surface area contributed by atoms with E-state index in [1.165, 1.54) is 31.2 Å². The van der Waals surface area contributed by atoms with Crippen LogP contribution in [-0.4, -0.2) is 20.0 Å². The van der Waals surface area contributed by atoms with Gasteiger partial charge in [-0.1, -0.05) is 52.5 Å². The van der Waals surface area contributed by atoms with Crippen molar-refractivity contribution in [2.24, 2.45) is 5.10 Å². The van der Waals surface area contributed by atoms with Gasteiger partial charge in [0.1, 0.15) is 0 Å². The van der Waals surface area contributed by atoms with E-state index < -0.39 is 15.9 Å². The van der Waals surface area contributed by atoms with Crippen molar-refractivity contribution in [3.63, 3.8) is 0 Å². The van der Waals surface area contributed by atoms with Gasteiger partial charge in [-0.25, -0.2) is 4.83 Å². The van der Waals surface area contributed by atoms with Crippen molar-refractivity contribution < 1.29 is 13.2 Å². The van der Waals surface area contributed by atoms with Crippen LogP contribution in [0, 0.1) is 6.92 Å². The first-order chi connectivity index (χ1) is 12.6. The predicted molar refractivity (Wildman–Crippen MR) is 109 cm³/mol. The molecule has 0 spiro atoms. The topological polar surface area (TPSA) is 87.6 Å². The Bertz CT molecular complexity index is 990. The number of hydrazone groups is 1. The van der Waals surface area contributed by atoms with Gasteiger partial charge in [0.15, 0.2) is 0 Å². The van der Waals surface area contributed by atoms with E-state index in [1.54, 1.807) is 12.1 Å². The Hall–Kier alpha value is -1.80. The lowest BCUT2D eigenvalue weighted by molar-refractivity contribution is -0.115. The SMILES string of the molecule is C/C(CC(=O)Nc1cc(Cl)c(Cl)cc1Cl)=N/NS(=O)(=O)c1ccc(C)cc1. The quantitative estimate of drug-likeness (QED) is 0.383. The van der Waals surface area contributed by atoms with Crippen molar-refractivity contribution >= 4 is 62.1 Å². The summed E-state index contributed by atoms with van der Waals surface area (Å²) in [6.07, 6.45) is -0.146. The van der Waals surface area contributed by atoms with Gasteiger partial charge in [-0.05, 0) is 38.1 Å². The zero-order valence-corrected chi connectivity index (χ0v) is 17.5. The molecule has 2 aromatic rings. The number of nitrogens with zero attached hydrogens (tertiary/aromatic N) is 1. The van der Waals surface area contributed by atoms with Gasteiger partial charge >= 0.3 is 0 Å². The zero-order valence-electron chi connectivity index (χ0n) is 14.4. The maximum Gasteiger partial charge on any atom is 0.276 e. The standard InChI is InChI=1S/C17H16Cl3N3O3S/c1-10-3-5-12(6-4-10)27(25,26)23-22-11(2)7-17(24)21-16-9-14(19)13(18)8-15(16)20/h3-6,8-9,23H,7H2,1-2H3,(H,21,24)/b22-11-. The molecule has 144 valence electrons. The van der Waals surface area contributed by atoms with Gasteiger partial charge in [0.2, 0.25) is 5.91 Å². The number of aryl methyl sites for hydroxylation is 1. The van der Waals surface area contributed by atoms with E-state index in [4.69, 9.17) is 34.8 Å². The lowest BCUT2D eigenvalue weighted by atomic mass is 10.2. The van der Waals surface area contributed by atoms with Crippen LogP contribution in [-0.2, 0) is 14.8 Å². The molecule has 10 heteroatoms. The summed E-state index contributed by atoms with van der Waals surface area (Å²) in [4.78, 5) is 14.3. The second-order valence-electron chi connectivity index (χ2n) is 5.73. The largest absolute Gasteiger partial charge is 0.324 e. The molecule has 2 aromatic carbocycles. The maximum atomic E-state index is 12.2. The Kier molecular flexibility index (Phi) is 7.11. The molecule has 0 heterocycles. The molecule has 0 aliphatic rings. The molecule has 0 aliphatic heterocycles. The lowest BCUT2D eigenvalue weighted by Crippen LogP contribution is -2.22. The van der Waals surface area contributed by atoms with Crippen LogP contribution in [0.5, 0.6) is 0 Å². The summed E-state index contributed by atoms with van der Waals surface area (Å²) >= 11 is 17.7. The fraction of sp³-hybridized carbons (Fsp3) is 0.176. The summed E-state index contributed by atoms with van der Waals surface area (Å²) in [6, 6.07) is 9.15. The first-order valence-corrected chi connectivity index (χ1v) is 10.3. The highest BCUT2D eigenvalue weighted by atomic mass is 35.5. The number of amides is 1. The molecule has 0 bridgehead atoms. The van der Waals surface area contributed by atoms with Crippen molar-refractivity contribution in [1.29, 1.82) is 0 Å². The van der Waals surface area contributed by atoms with Crippen LogP contribution in [0.3, 0.4) is 0 Å². The van der Waals surface area contributed by atoms with Crippen LogP contribution < -0.4 is 10.1 Å². The van der Waals surface area contributed by atoms with Crippen LogP contribution >= 0.6 is 34.8 Å². The summed E-state index contributed by atoms with van der Waals surface area (Å²) in [5.41, 5.74) is 1.50. The van der Waals surface area contributed by atoms with Crippen molar-refractivity contribution in [2.75, 3.05) is 5.32 Å². The fourth-order valence-corrected chi connectivity index (χ4v) is 3.46. The summed E-state index contributed by atoms with van der Waals surface area (Å²) in [6.45, 7) is 3.37. The highest BCUT2D eigenvalue weighted by Gasteiger charge is 2.14. The summed E-state index contributed by atoms with van der Waals surface area (Å²) in [7, 11) is -3.81. The van der Waals surface area contributed by atoms with Gasteiger partial charge in [-0.3, -0.25) is 4.79 Å². The van der Waals surface area contributed by atoms with Gasteiger partial charge in [0.25, 0.3) is 10.0 Å². The predicted octanol–water partition coefficient (Wildman–Crippen LogP) is 4.64. The zero-order chi connectivity index (χ0) is 20.2. The molecule has 0 atom stereocenters. The number of hydrogen-bond donors (Lipinski definition) is 2. The van der Waals surface area contributed by atoms with Crippen LogP contribution in [0.4, 0.5) is 5.69 Å². The molecule has 1 amide bonds. The third kappa shape index (κ3) is 6.10. The maximum absolute atomic E-state index is 12.2. The van der Waals surface area contributed by atoms with E-state index in [0.29, 0.717) is 5.69 Å². The van der Waals surface area contributed by atoms with E-state index in [9.17, 15) is 13.2 Å². The molecule has 0 aliphatic carbocycles. The number of carbonyl (C=O) groups is 1. The van der Waals surface area contributed by atoms with Crippen LogP contribution in [0.2, 0.25) is 15.1 Å². The molecule has 2 rings (SSSR count). The summed E-state index contributed by atoms with van der Waals surface area (Å²) in [5, 5.41) is 7.08. The van der Waals surface area contributed by atoms with Gasteiger partial charge in [0, 0.05) is 5.71 Å². The third-order valence-electron chi connectivity index (χ3n) is 3.39. The number of benzene rings is 2. The monoisotopic (exact) mass is 447 g/mol. The average Bonchev–Trinajstić information content (AvgIpc) is 2.58. The van der Waals surface area contributed by atoms with Gasteiger partial charge in [-0.2, -0.15) is 13.5 Å². The van der Waals surface area contributed by atoms with Gasteiger partial charge in [0.05, 0.1) is 32.1 Å². The second kappa shape index (κ2) is 8.93. The minimum absolute atomic E-state index is 0.0803. The fourth-order valence-electron chi connectivity index (χ4n) is 1.99. The van der Waals surface area contributed by atoms with Crippen LogP contribution in [0.15, 0.2) is 46.4 Å².